The van der Waals surface area contributed by atoms with Gasteiger partial charge in [0.05, 0.1) is 4.88 Å². The van der Waals surface area contributed by atoms with Crippen LogP contribution in [-0.4, -0.2) is 10.8 Å². The van der Waals surface area contributed by atoms with Gasteiger partial charge in [-0.3, -0.25) is 4.79 Å². The summed E-state index contributed by atoms with van der Waals surface area (Å²) in [5.74, 6) is 0.0103. The molecular formula is C20H19N2OS2+. The van der Waals surface area contributed by atoms with Crippen LogP contribution in [0.1, 0.15) is 26.8 Å². The highest BCUT2D eigenvalue weighted by atomic mass is 32.1. The van der Waals surface area contributed by atoms with Gasteiger partial charge >= 0.3 is 0 Å². The molecule has 0 radical (unpaired) electrons. The molecule has 0 fully saturated rings. The number of pyridine rings is 1. The Morgan fingerprint density at radius 3 is 2.64 bits per heavy atom. The number of thiocarbonyl (C=S) groups is 1. The van der Waals surface area contributed by atoms with Crippen LogP contribution in [0.25, 0.3) is 0 Å². The lowest BCUT2D eigenvalue weighted by Crippen LogP contribution is -2.51. The Kier molecular flexibility index (Phi) is 5.68. The van der Waals surface area contributed by atoms with Crippen LogP contribution in [0.4, 0.5) is 0 Å². The molecule has 0 unspecified atom stereocenters. The molecule has 3 aromatic rings. The molecule has 0 aliphatic heterocycles. The summed E-state index contributed by atoms with van der Waals surface area (Å²) in [5, 5.41) is 5.16. The molecule has 2 heterocycles. The summed E-state index contributed by atoms with van der Waals surface area (Å²) in [7, 11) is 0. The fourth-order valence-corrected chi connectivity index (χ4v) is 3.59. The van der Waals surface area contributed by atoms with E-state index < -0.39 is 6.04 Å². The predicted molar refractivity (Wildman–Crippen MR) is 105 cm³/mol. The zero-order valence-corrected chi connectivity index (χ0v) is 15.5. The molecule has 1 atom stereocenters. The number of aryl methyl sites for hydroxylation is 1. The molecule has 126 valence electrons. The number of nitrogens with one attached hydrogen (secondary N) is 1. The SMILES string of the molecule is Cc1ccc[n+]([C@@H](C(=O)c2cccs2)C(=S)NCc2ccccc2)c1. The first-order valence-corrected chi connectivity index (χ1v) is 9.31. The van der Waals surface area contributed by atoms with E-state index in [2.05, 4.69) is 5.32 Å². The van der Waals surface area contributed by atoms with Crippen molar-refractivity contribution in [2.75, 3.05) is 0 Å². The van der Waals surface area contributed by atoms with Gasteiger partial charge < -0.3 is 5.32 Å². The first-order valence-electron chi connectivity index (χ1n) is 8.02. The average molecular weight is 368 g/mol. The maximum absolute atomic E-state index is 13.0. The topological polar surface area (TPSA) is 33.0 Å². The summed E-state index contributed by atoms with van der Waals surface area (Å²) in [6.07, 6.45) is 3.84. The number of nitrogens with zero attached hydrogens (tertiary/aromatic N) is 1. The number of rotatable bonds is 6. The number of carbonyl (C=O) groups excluding carboxylic acids is 1. The third-order valence-corrected chi connectivity index (χ3v) is 5.09. The van der Waals surface area contributed by atoms with Crippen LogP contribution in [0.2, 0.25) is 0 Å². The Labute approximate surface area is 157 Å². The standard InChI is InChI=1S/C20H18N2OS2/c1-15-7-5-11-22(14-15)18(19(23)17-10-6-12-25-17)20(24)21-13-16-8-3-2-4-9-16/h2-12,14,18H,13H2,1H3/p+1/t18-/m0/s1. The normalized spacial score (nSPS) is 11.7. The van der Waals surface area contributed by atoms with Crippen molar-refractivity contribution in [3.8, 4) is 0 Å². The Hall–Kier alpha value is -2.37. The van der Waals surface area contributed by atoms with Gasteiger partial charge in [-0.15, -0.1) is 11.3 Å². The lowest BCUT2D eigenvalue weighted by molar-refractivity contribution is -0.692. The lowest BCUT2D eigenvalue weighted by Gasteiger charge is -2.14. The van der Waals surface area contributed by atoms with Gasteiger partial charge in [0.25, 0.3) is 6.04 Å². The maximum atomic E-state index is 13.0. The average Bonchev–Trinajstić information content (AvgIpc) is 3.16. The molecule has 0 amide bonds. The number of aromatic nitrogens is 1. The largest absolute Gasteiger partial charge is 0.370 e. The van der Waals surface area contributed by atoms with Crippen LogP contribution in [0.15, 0.2) is 72.4 Å². The van der Waals surface area contributed by atoms with Crippen molar-refractivity contribution < 1.29 is 9.36 Å². The Morgan fingerprint density at radius 1 is 1.16 bits per heavy atom. The summed E-state index contributed by atoms with van der Waals surface area (Å²) in [6.45, 7) is 2.60. The second kappa shape index (κ2) is 8.14. The number of Topliss-reactive ketones (excluding diaryl/α,β-unsaturated/α-hetero) is 1. The van der Waals surface area contributed by atoms with Crippen LogP contribution in [0, 0.1) is 6.92 Å². The highest BCUT2D eigenvalue weighted by Crippen LogP contribution is 2.16. The van der Waals surface area contributed by atoms with E-state index in [1.165, 1.54) is 11.3 Å². The number of carbonyl (C=O) groups is 1. The second-order valence-electron chi connectivity index (χ2n) is 5.78. The first-order chi connectivity index (χ1) is 12.1. The summed E-state index contributed by atoms with van der Waals surface area (Å²) < 4.78 is 1.89. The molecule has 0 bridgehead atoms. The molecule has 1 aromatic carbocycles. The van der Waals surface area contributed by atoms with Crippen molar-refractivity contribution in [2.45, 2.75) is 19.5 Å². The molecule has 0 saturated heterocycles. The molecule has 0 aliphatic carbocycles. The van der Waals surface area contributed by atoms with Gasteiger partial charge in [-0.2, -0.15) is 4.57 Å². The van der Waals surface area contributed by atoms with Gasteiger partial charge in [0, 0.05) is 18.2 Å². The fourth-order valence-electron chi connectivity index (χ4n) is 2.60. The van der Waals surface area contributed by atoms with E-state index in [1.54, 1.807) is 0 Å². The molecule has 0 saturated carbocycles. The molecule has 1 N–H and O–H groups in total. The monoisotopic (exact) mass is 367 g/mol. The summed E-state index contributed by atoms with van der Waals surface area (Å²) in [5.41, 5.74) is 2.21. The molecule has 5 heteroatoms. The zero-order valence-electron chi connectivity index (χ0n) is 13.9. The van der Waals surface area contributed by atoms with Crippen LogP contribution in [-0.2, 0) is 6.54 Å². The first kappa shape index (κ1) is 17.5. The predicted octanol–water partition coefficient (Wildman–Crippen LogP) is 3.89. The van der Waals surface area contributed by atoms with Crippen molar-refractivity contribution in [2.24, 2.45) is 0 Å². The van der Waals surface area contributed by atoms with Crippen LogP contribution >= 0.6 is 23.6 Å². The number of hydrogen-bond donors (Lipinski definition) is 1. The molecule has 3 rings (SSSR count). The van der Waals surface area contributed by atoms with E-state index in [0.29, 0.717) is 16.4 Å². The van der Waals surface area contributed by atoms with E-state index in [4.69, 9.17) is 12.2 Å². The van der Waals surface area contributed by atoms with Crippen molar-refractivity contribution >= 4 is 34.3 Å². The van der Waals surface area contributed by atoms with Crippen LogP contribution in [0.5, 0.6) is 0 Å². The Balaban J connectivity index is 1.85. The minimum absolute atomic E-state index is 0.0103. The summed E-state index contributed by atoms with van der Waals surface area (Å²) in [4.78, 5) is 14.3. The zero-order chi connectivity index (χ0) is 17.6. The van der Waals surface area contributed by atoms with Gasteiger partial charge in [-0.1, -0.05) is 48.6 Å². The van der Waals surface area contributed by atoms with Crippen molar-refractivity contribution in [3.05, 3.63) is 88.4 Å². The minimum Gasteiger partial charge on any atom is -0.370 e. The fraction of sp³-hybridized carbons (Fsp3) is 0.150. The van der Waals surface area contributed by atoms with Crippen molar-refractivity contribution in [3.63, 3.8) is 0 Å². The Bertz CT molecular complexity index is 860. The highest BCUT2D eigenvalue weighted by molar-refractivity contribution is 7.80. The van der Waals surface area contributed by atoms with E-state index in [1.807, 2.05) is 83.9 Å². The number of hydrogen-bond acceptors (Lipinski definition) is 3. The number of ketones is 1. The smallest absolute Gasteiger partial charge is 0.271 e. The number of benzene rings is 1. The highest BCUT2D eigenvalue weighted by Gasteiger charge is 2.33. The van der Waals surface area contributed by atoms with Crippen LogP contribution in [0.3, 0.4) is 0 Å². The summed E-state index contributed by atoms with van der Waals surface area (Å²) >= 11 is 7.04. The third kappa shape index (κ3) is 4.38. The minimum atomic E-state index is -0.544. The van der Waals surface area contributed by atoms with Crippen LogP contribution < -0.4 is 9.88 Å². The third-order valence-electron chi connectivity index (χ3n) is 3.84. The quantitative estimate of drug-likeness (QED) is 0.408. The van der Waals surface area contributed by atoms with Gasteiger partial charge in [0.1, 0.15) is 0 Å². The van der Waals surface area contributed by atoms with Gasteiger partial charge in [-0.25, -0.2) is 0 Å². The van der Waals surface area contributed by atoms with E-state index in [9.17, 15) is 4.79 Å². The Morgan fingerprint density at radius 2 is 1.96 bits per heavy atom. The summed E-state index contributed by atoms with van der Waals surface area (Å²) in [6, 6.07) is 17.1. The molecule has 2 aromatic heterocycles. The number of thiophene rings is 1. The van der Waals surface area contributed by atoms with E-state index >= 15 is 0 Å². The second-order valence-corrected chi connectivity index (χ2v) is 7.16. The lowest BCUT2D eigenvalue weighted by atomic mass is 10.1. The van der Waals surface area contributed by atoms with Crippen molar-refractivity contribution in [1.82, 2.24) is 5.32 Å². The molecule has 0 spiro atoms. The molecule has 3 nitrogen and oxygen atoms in total. The molecule has 25 heavy (non-hydrogen) atoms. The molecular weight excluding hydrogens is 348 g/mol. The van der Waals surface area contributed by atoms with Gasteiger partial charge in [-0.05, 0) is 30.0 Å². The van der Waals surface area contributed by atoms with Gasteiger partial charge in [0.2, 0.25) is 5.78 Å². The maximum Gasteiger partial charge on any atom is 0.271 e. The van der Waals surface area contributed by atoms with E-state index in [-0.39, 0.29) is 5.78 Å². The van der Waals surface area contributed by atoms with Gasteiger partial charge in [0.15, 0.2) is 17.4 Å². The molecule has 0 aliphatic rings. The van der Waals surface area contributed by atoms with E-state index in [0.717, 1.165) is 11.1 Å². The van der Waals surface area contributed by atoms with Crippen molar-refractivity contribution in [1.29, 1.82) is 0 Å².